The number of hydrogen-bond acceptors (Lipinski definition) is 3. The van der Waals surface area contributed by atoms with Crippen molar-refractivity contribution in [1.82, 2.24) is 10.6 Å². The maximum absolute atomic E-state index is 11.7. The van der Waals surface area contributed by atoms with Gasteiger partial charge in [0.2, 0.25) is 0 Å². The summed E-state index contributed by atoms with van der Waals surface area (Å²) < 4.78 is 0. The fraction of sp³-hybridized carbons (Fsp3) is 0.571. The van der Waals surface area contributed by atoms with Crippen LogP contribution in [0, 0.1) is 0 Å². The normalized spacial score (nSPS) is 11.9. The molecule has 20 heavy (non-hydrogen) atoms. The summed E-state index contributed by atoms with van der Waals surface area (Å²) in [6.07, 6.45) is 3.07. The van der Waals surface area contributed by atoms with Gasteiger partial charge in [0.15, 0.2) is 0 Å². The Hall–Kier alpha value is -1.56. The van der Waals surface area contributed by atoms with Crippen LogP contribution in [0.5, 0.6) is 0 Å². The van der Waals surface area contributed by atoms with Crippen molar-refractivity contribution in [3.8, 4) is 0 Å². The Morgan fingerprint density at radius 1 is 1.40 bits per heavy atom. The van der Waals surface area contributed by atoms with Crippen LogP contribution >= 0.6 is 11.3 Å². The smallest absolute Gasteiger partial charge is 0.326 e. The quantitative estimate of drug-likeness (QED) is 0.690. The minimum absolute atomic E-state index is 0.427. The second-order valence-electron chi connectivity index (χ2n) is 4.58. The number of urea groups is 1. The van der Waals surface area contributed by atoms with Crippen LogP contribution in [0.2, 0.25) is 0 Å². The third-order valence-corrected chi connectivity index (χ3v) is 4.04. The molecule has 1 atom stereocenters. The van der Waals surface area contributed by atoms with Crippen molar-refractivity contribution in [1.29, 1.82) is 0 Å². The topological polar surface area (TPSA) is 78.4 Å². The van der Waals surface area contributed by atoms with Gasteiger partial charge in [-0.15, -0.1) is 11.3 Å². The molecule has 2 amide bonds. The molecule has 0 saturated carbocycles. The van der Waals surface area contributed by atoms with E-state index in [0.717, 1.165) is 24.1 Å². The SMILES string of the molecule is CCCCC(NC(=O)NCc1sccc1CC)C(=O)O. The predicted octanol–water partition coefficient (Wildman–Crippen LogP) is 2.75. The van der Waals surface area contributed by atoms with E-state index >= 15 is 0 Å². The first-order valence-electron chi connectivity index (χ1n) is 6.90. The number of hydrogen-bond donors (Lipinski definition) is 3. The lowest BCUT2D eigenvalue weighted by molar-refractivity contribution is -0.139. The van der Waals surface area contributed by atoms with Gasteiger partial charge in [0.05, 0.1) is 6.54 Å². The van der Waals surface area contributed by atoms with Crippen molar-refractivity contribution in [2.75, 3.05) is 0 Å². The number of nitrogens with one attached hydrogen (secondary N) is 2. The molecule has 0 fully saturated rings. The second kappa shape index (κ2) is 8.58. The van der Waals surface area contributed by atoms with Crippen LogP contribution in [0.3, 0.4) is 0 Å². The van der Waals surface area contributed by atoms with Gasteiger partial charge in [-0.05, 0) is 29.9 Å². The third-order valence-electron chi connectivity index (χ3n) is 3.08. The van der Waals surface area contributed by atoms with Gasteiger partial charge < -0.3 is 15.7 Å². The zero-order valence-corrected chi connectivity index (χ0v) is 12.8. The summed E-state index contributed by atoms with van der Waals surface area (Å²) in [7, 11) is 0. The molecule has 5 nitrogen and oxygen atoms in total. The van der Waals surface area contributed by atoms with Gasteiger partial charge in [-0.3, -0.25) is 0 Å². The van der Waals surface area contributed by atoms with Gasteiger partial charge in [0.25, 0.3) is 0 Å². The molecule has 1 rings (SSSR count). The first kappa shape index (κ1) is 16.5. The van der Waals surface area contributed by atoms with Crippen LogP contribution in [-0.4, -0.2) is 23.1 Å². The van der Waals surface area contributed by atoms with E-state index in [1.54, 1.807) is 11.3 Å². The number of carbonyl (C=O) groups is 2. The van der Waals surface area contributed by atoms with Gasteiger partial charge in [-0.25, -0.2) is 9.59 Å². The lowest BCUT2D eigenvalue weighted by Gasteiger charge is -2.14. The number of carboxylic acid groups (broad SMARTS) is 1. The molecule has 0 aliphatic heterocycles. The molecule has 0 saturated heterocycles. The summed E-state index contributed by atoms with van der Waals surface area (Å²) in [6, 6.07) is 0.800. The van der Waals surface area contributed by atoms with E-state index in [0.29, 0.717) is 13.0 Å². The molecular formula is C14H22N2O3S. The van der Waals surface area contributed by atoms with Gasteiger partial charge in [-0.2, -0.15) is 0 Å². The van der Waals surface area contributed by atoms with E-state index in [2.05, 4.69) is 17.6 Å². The number of amides is 2. The maximum Gasteiger partial charge on any atom is 0.326 e. The van der Waals surface area contributed by atoms with Crippen LogP contribution in [0.25, 0.3) is 0 Å². The Morgan fingerprint density at radius 2 is 2.15 bits per heavy atom. The third kappa shape index (κ3) is 5.21. The standard InChI is InChI=1S/C14H22N2O3S/c1-3-5-6-11(13(17)18)16-14(19)15-9-12-10(4-2)7-8-20-12/h7-8,11H,3-6,9H2,1-2H3,(H,17,18)(H2,15,16,19). The molecule has 1 aromatic heterocycles. The molecule has 0 spiro atoms. The summed E-state index contributed by atoms with van der Waals surface area (Å²) in [5.41, 5.74) is 1.22. The minimum Gasteiger partial charge on any atom is -0.480 e. The van der Waals surface area contributed by atoms with Gasteiger partial charge in [0, 0.05) is 4.88 Å². The molecular weight excluding hydrogens is 276 g/mol. The van der Waals surface area contributed by atoms with Gasteiger partial charge >= 0.3 is 12.0 Å². The van der Waals surface area contributed by atoms with E-state index in [1.807, 2.05) is 18.4 Å². The lowest BCUT2D eigenvalue weighted by Crippen LogP contribution is -2.45. The van der Waals surface area contributed by atoms with Crippen molar-refractivity contribution < 1.29 is 14.7 Å². The molecule has 6 heteroatoms. The first-order valence-corrected chi connectivity index (χ1v) is 7.78. The highest BCUT2D eigenvalue weighted by Gasteiger charge is 2.19. The largest absolute Gasteiger partial charge is 0.480 e. The van der Waals surface area contributed by atoms with Crippen LogP contribution in [0.4, 0.5) is 4.79 Å². The molecule has 0 radical (unpaired) electrons. The number of aliphatic carboxylic acids is 1. The molecule has 1 heterocycles. The molecule has 0 aliphatic carbocycles. The molecule has 0 aliphatic rings. The molecule has 3 N–H and O–H groups in total. The highest BCUT2D eigenvalue weighted by atomic mass is 32.1. The number of unbranched alkanes of at least 4 members (excludes halogenated alkanes) is 1. The number of carbonyl (C=O) groups excluding carboxylic acids is 1. The van der Waals surface area contributed by atoms with Crippen molar-refractivity contribution in [2.45, 2.75) is 52.1 Å². The van der Waals surface area contributed by atoms with E-state index < -0.39 is 18.0 Å². The molecule has 0 aromatic carbocycles. The highest BCUT2D eigenvalue weighted by molar-refractivity contribution is 7.10. The summed E-state index contributed by atoms with van der Waals surface area (Å²) in [5, 5.41) is 16.3. The summed E-state index contributed by atoms with van der Waals surface area (Å²) >= 11 is 1.60. The van der Waals surface area contributed by atoms with Crippen molar-refractivity contribution in [2.24, 2.45) is 0 Å². The Bertz CT molecular complexity index is 445. The van der Waals surface area contributed by atoms with Gasteiger partial charge in [-0.1, -0.05) is 26.7 Å². The minimum atomic E-state index is -0.987. The Morgan fingerprint density at radius 3 is 2.75 bits per heavy atom. The Balaban J connectivity index is 2.43. The van der Waals surface area contributed by atoms with E-state index in [9.17, 15) is 9.59 Å². The van der Waals surface area contributed by atoms with Crippen LogP contribution < -0.4 is 10.6 Å². The van der Waals surface area contributed by atoms with Crippen LogP contribution in [0.1, 0.15) is 43.6 Å². The molecule has 0 bridgehead atoms. The second-order valence-corrected chi connectivity index (χ2v) is 5.58. The molecule has 1 unspecified atom stereocenters. The van der Waals surface area contributed by atoms with E-state index in [-0.39, 0.29) is 0 Å². The van der Waals surface area contributed by atoms with Crippen molar-refractivity contribution >= 4 is 23.3 Å². The van der Waals surface area contributed by atoms with Crippen molar-refractivity contribution in [3.63, 3.8) is 0 Å². The lowest BCUT2D eigenvalue weighted by atomic mass is 10.1. The zero-order chi connectivity index (χ0) is 15.0. The average molecular weight is 298 g/mol. The maximum atomic E-state index is 11.7. The van der Waals surface area contributed by atoms with E-state index in [1.165, 1.54) is 5.56 Å². The highest BCUT2D eigenvalue weighted by Crippen LogP contribution is 2.16. The number of carboxylic acids is 1. The fourth-order valence-corrected chi connectivity index (χ4v) is 2.79. The fourth-order valence-electron chi connectivity index (χ4n) is 1.87. The van der Waals surface area contributed by atoms with Crippen LogP contribution in [0.15, 0.2) is 11.4 Å². The monoisotopic (exact) mass is 298 g/mol. The van der Waals surface area contributed by atoms with Crippen LogP contribution in [-0.2, 0) is 17.8 Å². The number of thiophene rings is 1. The predicted molar refractivity (Wildman–Crippen MR) is 80.0 cm³/mol. The Kier molecular flexibility index (Phi) is 7.08. The average Bonchev–Trinajstić information content (AvgIpc) is 2.88. The van der Waals surface area contributed by atoms with Gasteiger partial charge in [0.1, 0.15) is 6.04 Å². The summed E-state index contributed by atoms with van der Waals surface area (Å²) in [5.74, 6) is -0.987. The molecule has 112 valence electrons. The number of aryl methyl sites for hydroxylation is 1. The zero-order valence-electron chi connectivity index (χ0n) is 11.9. The van der Waals surface area contributed by atoms with Crippen molar-refractivity contribution in [3.05, 3.63) is 21.9 Å². The first-order chi connectivity index (χ1) is 9.58. The summed E-state index contributed by atoms with van der Waals surface area (Å²) in [4.78, 5) is 23.9. The number of rotatable bonds is 8. The molecule has 1 aromatic rings. The van der Waals surface area contributed by atoms with E-state index in [4.69, 9.17) is 5.11 Å². The Labute approximate surface area is 123 Å². The summed E-state index contributed by atoms with van der Waals surface area (Å²) in [6.45, 7) is 4.49.